The molecule has 0 saturated carbocycles. The maximum Gasteiger partial charge on any atom is 0.107 e. The fourth-order valence-corrected chi connectivity index (χ4v) is 2.45. The van der Waals surface area contributed by atoms with Gasteiger partial charge in [0.2, 0.25) is 0 Å². The molecule has 17 heavy (non-hydrogen) atoms. The average molecular weight is 251 g/mol. The zero-order valence-corrected chi connectivity index (χ0v) is 10.9. The van der Waals surface area contributed by atoms with E-state index in [1.165, 1.54) is 4.88 Å². The number of hydrogen-bond acceptors (Lipinski definition) is 4. The van der Waals surface area contributed by atoms with E-state index in [0.29, 0.717) is 6.54 Å². The molecule has 2 aromatic rings. The van der Waals surface area contributed by atoms with Crippen LogP contribution in [-0.2, 0) is 13.6 Å². The van der Waals surface area contributed by atoms with Crippen molar-refractivity contribution in [3.8, 4) is 10.6 Å². The van der Waals surface area contributed by atoms with E-state index in [4.69, 9.17) is 0 Å². The molecule has 0 amide bonds. The summed E-state index contributed by atoms with van der Waals surface area (Å²) in [5, 5.41) is 19.0. The van der Waals surface area contributed by atoms with E-state index in [1.54, 1.807) is 18.3 Å². The minimum atomic E-state index is -0.322. The highest BCUT2D eigenvalue weighted by atomic mass is 32.1. The lowest BCUT2D eigenvalue weighted by Gasteiger charge is -2.06. The third-order valence-corrected chi connectivity index (χ3v) is 3.29. The molecule has 0 saturated heterocycles. The van der Waals surface area contributed by atoms with Gasteiger partial charge < -0.3 is 10.4 Å². The van der Waals surface area contributed by atoms with Gasteiger partial charge in [0.15, 0.2) is 0 Å². The molecule has 4 nitrogen and oxygen atoms in total. The molecule has 0 aliphatic carbocycles. The van der Waals surface area contributed by atoms with Crippen molar-refractivity contribution in [2.45, 2.75) is 19.6 Å². The van der Waals surface area contributed by atoms with Crippen molar-refractivity contribution >= 4 is 11.3 Å². The van der Waals surface area contributed by atoms with E-state index in [0.717, 1.165) is 17.8 Å². The second kappa shape index (κ2) is 5.44. The van der Waals surface area contributed by atoms with E-state index in [1.807, 2.05) is 24.0 Å². The Hall–Kier alpha value is -1.17. The predicted molar refractivity (Wildman–Crippen MR) is 69.9 cm³/mol. The molecule has 0 bridgehead atoms. The lowest BCUT2D eigenvalue weighted by Crippen LogP contribution is -2.23. The van der Waals surface area contributed by atoms with Crippen molar-refractivity contribution in [3.05, 3.63) is 29.3 Å². The Labute approximate surface area is 105 Å². The van der Waals surface area contributed by atoms with Gasteiger partial charge in [-0.1, -0.05) is 6.07 Å². The molecule has 0 radical (unpaired) electrons. The fraction of sp³-hybridized carbons (Fsp3) is 0.417. The Kier molecular flexibility index (Phi) is 3.93. The Balaban J connectivity index is 2.11. The van der Waals surface area contributed by atoms with Gasteiger partial charge in [0.25, 0.3) is 0 Å². The Morgan fingerprint density at radius 2 is 2.41 bits per heavy atom. The summed E-state index contributed by atoms with van der Waals surface area (Å²) in [7, 11) is 1.93. The Morgan fingerprint density at radius 1 is 1.59 bits per heavy atom. The van der Waals surface area contributed by atoms with Crippen LogP contribution < -0.4 is 5.32 Å². The van der Waals surface area contributed by atoms with Gasteiger partial charge in [-0.2, -0.15) is 5.10 Å². The van der Waals surface area contributed by atoms with Crippen LogP contribution >= 0.6 is 11.3 Å². The number of aliphatic hydroxyl groups excluding tert-OH is 1. The molecule has 2 heterocycles. The second-order valence-corrected chi connectivity index (χ2v) is 5.08. The number of aliphatic hydroxyl groups is 1. The summed E-state index contributed by atoms with van der Waals surface area (Å²) < 4.78 is 1.83. The van der Waals surface area contributed by atoms with Crippen molar-refractivity contribution in [3.63, 3.8) is 0 Å². The van der Waals surface area contributed by atoms with E-state index < -0.39 is 0 Å². The minimum absolute atomic E-state index is 0.322. The number of hydrogen-bond donors (Lipinski definition) is 2. The van der Waals surface area contributed by atoms with Crippen molar-refractivity contribution in [2.24, 2.45) is 7.05 Å². The highest BCUT2D eigenvalue weighted by molar-refractivity contribution is 7.13. The molecular weight excluding hydrogens is 234 g/mol. The van der Waals surface area contributed by atoms with Gasteiger partial charge in [0.05, 0.1) is 11.0 Å². The number of nitrogens with one attached hydrogen (secondary N) is 1. The quantitative estimate of drug-likeness (QED) is 0.849. The first-order chi connectivity index (χ1) is 8.16. The SMILES string of the molecule is CC(O)CNCc1cn(C)nc1-c1cccs1. The van der Waals surface area contributed by atoms with Crippen molar-refractivity contribution < 1.29 is 5.11 Å². The summed E-state index contributed by atoms with van der Waals surface area (Å²) in [6, 6.07) is 4.10. The van der Waals surface area contributed by atoms with Crippen LogP contribution in [0.4, 0.5) is 0 Å². The van der Waals surface area contributed by atoms with Crippen LogP contribution in [0.3, 0.4) is 0 Å². The Bertz CT molecular complexity index is 462. The minimum Gasteiger partial charge on any atom is -0.392 e. The molecule has 2 rings (SSSR count). The highest BCUT2D eigenvalue weighted by Gasteiger charge is 2.10. The van der Waals surface area contributed by atoms with Crippen molar-refractivity contribution in [1.29, 1.82) is 0 Å². The molecule has 0 aliphatic rings. The first-order valence-electron chi connectivity index (χ1n) is 5.62. The van der Waals surface area contributed by atoms with Gasteiger partial charge in [-0.25, -0.2) is 0 Å². The topological polar surface area (TPSA) is 50.1 Å². The highest BCUT2D eigenvalue weighted by Crippen LogP contribution is 2.26. The monoisotopic (exact) mass is 251 g/mol. The van der Waals surface area contributed by atoms with Gasteiger partial charge >= 0.3 is 0 Å². The van der Waals surface area contributed by atoms with Gasteiger partial charge in [0, 0.05) is 31.9 Å². The fourth-order valence-electron chi connectivity index (χ4n) is 1.70. The molecule has 0 aromatic carbocycles. The summed E-state index contributed by atoms with van der Waals surface area (Å²) in [5.74, 6) is 0. The van der Waals surface area contributed by atoms with Crippen LogP contribution in [0.5, 0.6) is 0 Å². The summed E-state index contributed by atoms with van der Waals surface area (Å²) in [5.41, 5.74) is 2.19. The molecular formula is C12H17N3OS. The first-order valence-corrected chi connectivity index (χ1v) is 6.50. The molecule has 1 atom stereocenters. The van der Waals surface area contributed by atoms with Crippen LogP contribution in [0, 0.1) is 0 Å². The van der Waals surface area contributed by atoms with Crippen LogP contribution in [-0.4, -0.2) is 27.5 Å². The lowest BCUT2D eigenvalue weighted by molar-refractivity contribution is 0.191. The van der Waals surface area contributed by atoms with Crippen LogP contribution in [0.15, 0.2) is 23.7 Å². The van der Waals surface area contributed by atoms with Crippen LogP contribution in [0.2, 0.25) is 0 Å². The maximum absolute atomic E-state index is 9.21. The maximum atomic E-state index is 9.21. The number of thiophene rings is 1. The molecule has 2 N–H and O–H groups in total. The normalized spacial score (nSPS) is 12.9. The molecule has 2 aromatic heterocycles. The van der Waals surface area contributed by atoms with Crippen LogP contribution in [0.25, 0.3) is 10.6 Å². The van der Waals surface area contributed by atoms with E-state index >= 15 is 0 Å². The zero-order valence-electron chi connectivity index (χ0n) is 10.1. The van der Waals surface area contributed by atoms with Gasteiger partial charge in [-0.3, -0.25) is 4.68 Å². The summed E-state index contributed by atoms with van der Waals surface area (Å²) in [4.78, 5) is 1.18. The van der Waals surface area contributed by atoms with Crippen LogP contribution in [0.1, 0.15) is 12.5 Å². The van der Waals surface area contributed by atoms with Gasteiger partial charge in [-0.15, -0.1) is 11.3 Å². The smallest absolute Gasteiger partial charge is 0.107 e. The third kappa shape index (κ3) is 3.15. The van der Waals surface area contributed by atoms with Gasteiger partial charge in [0.1, 0.15) is 5.69 Å². The predicted octanol–water partition coefficient (Wildman–Crippen LogP) is 1.62. The standard InChI is InChI=1S/C12H17N3OS/c1-9(16)6-13-7-10-8-15(2)14-12(10)11-4-3-5-17-11/h3-5,8-9,13,16H,6-7H2,1-2H3. The van der Waals surface area contributed by atoms with E-state index in [-0.39, 0.29) is 6.10 Å². The summed E-state index contributed by atoms with van der Waals surface area (Å²) in [6.45, 7) is 3.10. The summed E-state index contributed by atoms with van der Waals surface area (Å²) >= 11 is 1.69. The zero-order chi connectivity index (χ0) is 12.3. The number of aromatic nitrogens is 2. The van der Waals surface area contributed by atoms with Crippen molar-refractivity contribution in [2.75, 3.05) is 6.54 Å². The first kappa shape index (κ1) is 12.3. The molecule has 0 aliphatic heterocycles. The molecule has 1 unspecified atom stereocenters. The lowest BCUT2D eigenvalue weighted by atomic mass is 10.2. The number of aryl methyl sites for hydroxylation is 1. The molecule has 5 heteroatoms. The largest absolute Gasteiger partial charge is 0.392 e. The van der Waals surface area contributed by atoms with E-state index in [9.17, 15) is 5.11 Å². The third-order valence-electron chi connectivity index (χ3n) is 2.41. The number of rotatable bonds is 5. The molecule has 0 spiro atoms. The van der Waals surface area contributed by atoms with Gasteiger partial charge in [-0.05, 0) is 18.4 Å². The molecule has 92 valence electrons. The Morgan fingerprint density at radius 3 is 3.06 bits per heavy atom. The average Bonchev–Trinajstić information content (AvgIpc) is 2.86. The molecule has 0 fully saturated rings. The second-order valence-electron chi connectivity index (χ2n) is 4.13. The summed E-state index contributed by atoms with van der Waals surface area (Å²) in [6.07, 6.45) is 1.70. The number of nitrogens with zero attached hydrogens (tertiary/aromatic N) is 2. The van der Waals surface area contributed by atoms with E-state index in [2.05, 4.69) is 21.9 Å². The van der Waals surface area contributed by atoms with Crippen molar-refractivity contribution in [1.82, 2.24) is 15.1 Å².